The Morgan fingerprint density at radius 3 is 2.73 bits per heavy atom. The molecule has 3 aromatic rings. The lowest BCUT2D eigenvalue weighted by Gasteiger charge is -2.05. The van der Waals surface area contributed by atoms with Crippen LogP contribution in [0.1, 0.15) is 27.2 Å². The summed E-state index contributed by atoms with van der Waals surface area (Å²) in [5, 5.41) is 9.78. The highest BCUT2D eigenvalue weighted by Gasteiger charge is 2.13. The molecule has 0 radical (unpaired) electrons. The van der Waals surface area contributed by atoms with E-state index < -0.39 is 5.97 Å². The maximum atomic E-state index is 12.0. The number of aryl methyl sites for hydroxylation is 2. The molecule has 0 aliphatic heterocycles. The van der Waals surface area contributed by atoms with E-state index in [1.807, 2.05) is 42.8 Å². The first-order valence-corrected chi connectivity index (χ1v) is 6.94. The van der Waals surface area contributed by atoms with Crippen molar-refractivity contribution in [3.05, 3.63) is 65.1 Å². The van der Waals surface area contributed by atoms with Crippen LogP contribution < -0.4 is 0 Å². The molecule has 0 spiro atoms. The number of hydrogen-bond acceptors (Lipinski definition) is 4. The molecular formula is C17H16N2O3. The molecule has 3 rings (SSSR count). The summed E-state index contributed by atoms with van der Waals surface area (Å²) < 4.78 is 7.11. The zero-order valence-corrected chi connectivity index (χ0v) is 12.4. The molecule has 2 aromatic heterocycles. The van der Waals surface area contributed by atoms with Crippen molar-refractivity contribution >= 4 is 11.6 Å². The highest BCUT2D eigenvalue weighted by atomic mass is 16.5. The molecule has 112 valence electrons. The summed E-state index contributed by atoms with van der Waals surface area (Å²) >= 11 is 0. The van der Waals surface area contributed by atoms with E-state index in [0.29, 0.717) is 5.69 Å². The van der Waals surface area contributed by atoms with Gasteiger partial charge in [0.2, 0.25) is 0 Å². The number of phenols is 1. The van der Waals surface area contributed by atoms with Crippen molar-refractivity contribution < 1.29 is 14.6 Å². The minimum atomic E-state index is -0.564. The molecule has 0 aliphatic carbocycles. The molecule has 2 heterocycles. The highest BCUT2D eigenvalue weighted by molar-refractivity contribution is 5.92. The van der Waals surface area contributed by atoms with E-state index in [0.717, 1.165) is 16.8 Å². The Balaban J connectivity index is 1.74. The van der Waals surface area contributed by atoms with Crippen molar-refractivity contribution in [2.45, 2.75) is 20.5 Å². The van der Waals surface area contributed by atoms with Crippen LogP contribution in [0.2, 0.25) is 0 Å². The molecule has 0 fully saturated rings. The first kappa shape index (κ1) is 14.1. The van der Waals surface area contributed by atoms with Crippen LogP contribution in [0.5, 0.6) is 5.75 Å². The molecule has 1 aromatic carbocycles. The molecule has 0 unspecified atom stereocenters. The van der Waals surface area contributed by atoms with Gasteiger partial charge >= 0.3 is 5.97 Å². The number of hydrogen-bond donors (Lipinski definition) is 1. The molecule has 0 aliphatic rings. The molecule has 5 heteroatoms. The van der Waals surface area contributed by atoms with Crippen LogP contribution in [-0.2, 0) is 11.3 Å². The normalized spacial score (nSPS) is 10.8. The summed E-state index contributed by atoms with van der Waals surface area (Å²) in [7, 11) is 0. The summed E-state index contributed by atoms with van der Waals surface area (Å²) in [6, 6.07) is 8.73. The van der Waals surface area contributed by atoms with Crippen molar-refractivity contribution in [3.63, 3.8) is 0 Å². The minimum Gasteiger partial charge on any atom is -0.507 e. The smallest absolute Gasteiger partial charge is 0.342 e. The maximum Gasteiger partial charge on any atom is 0.342 e. The van der Waals surface area contributed by atoms with Crippen LogP contribution in [0, 0.1) is 13.8 Å². The Kier molecular flexibility index (Phi) is 3.55. The number of imidazole rings is 1. The Hall–Kier alpha value is -2.82. The van der Waals surface area contributed by atoms with Crippen molar-refractivity contribution in [3.8, 4) is 5.75 Å². The van der Waals surface area contributed by atoms with Crippen LogP contribution in [0.4, 0.5) is 0 Å². The molecule has 5 nitrogen and oxygen atoms in total. The first-order chi connectivity index (χ1) is 10.5. The molecule has 0 atom stereocenters. The van der Waals surface area contributed by atoms with Crippen LogP contribution in [-0.4, -0.2) is 20.5 Å². The highest BCUT2D eigenvalue weighted by Crippen LogP contribution is 2.20. The number of fused-ring (bicyclic) bond motifs is 1. The van der Waals surface area contributed by atoms with E-state index in [9.17, 15) is 9.90 Å². The van der Waals surface area contributed by atoms with Gasteiger partial charge in [-0.3, -0.25) is 0 Å². The number of esters is 1. The van der Waals surface area contributed by atoms with Gasteiger partial charge in [-0.2, -0.15) is 0 Å². The molecule has 0 amide bonds. The van der Waals surface area contributed by atoms with Gasteiger partial charge < -0.3 is 14.2 Å². The number of aromatic hydroxyl groups is 1. The van der Waals surface area contributed by atoms with Gasteiger partial charge in [0.15, 0.2) is 0 Å². The second-order valence-corrected chi connectivity index (χ2v) is 5.30. The first-order valence-electron chi connectivity index (χ1n) is 6.94. The Morgan fingerprint density at radius 2 is 1.95 bits per heavy atom. The third-order valence-corrected chi connectivity index (χ3v) is 3.37. The summed E-state index contributed by atoms with van der Waals surface area (Å²) in [5.74, 6) is -0.638. The molecule has 0 saturated carbocycles. The summed E-state index contributed by atoms with van der Waals surface area (Å²) in [6.45, 7) is 3.90. The lowest BCUT2D eigenvalue weighted by molar-refractivity contribution is 0.0465. The van der Waals surface area contributed by atoms with Gasteiger partial charge in [0.1, 0.15) is 23.6 Å². The number of carbonyl (C=O) groups is 1. The largest absolute Gasteiger partial charge is 0.507 e. The standard InChI is InChI=1S/C17H16N2O3/c1-11-3-5-14(15(20)7-11)17(21)22-10-13-9-19-8-12(2)4-6-16(19)18-13/h3-9,20H,10H2,1-2H3. The van der Waals surface area contributed by atoms with E-state index in [2.05, 4.69) is 4.98 Å². The van der Waals surface area contributed by atoms with Crippen LogP contribution >= 0.6 is 0 Å². The lowest BCUT2D eigenvalue weighted by atomic mass is 10.1. The summed E-state index contributed by atoms with van der Waals surface area (Å²) in [4.78, 5) is 16.4. The molecule has 0 saturated heterocycles. The predicted octanol–water partition coefficient (Wildman–Crippen LogP) is 3.01. The fourth-order valence-electron chi connectivity index (χ4n) is 2.26. The second-order valence-electron chi connectivity index (χ2n) is 5.30. The average molecular weight is 296 g/mol. The third kappa shape index (κ3) is 2.79. The number of ether oxygens (including phenoxy) is 1. The number of nitrogens with zero attached hydrogens (tertiary/aromatic N) is 2. The van der Waals surface area contributed by atoms with Crippen LogP contribution in [0.25, 0.3) is 5.65 Å². The topological polar surface area (TPSA) is 63.8 Å². The van der Waals surface area contributed by atoms with Crippen LogP contribution in [0.15, 0.2) is 42.7 Å². The van der Waals surface area contributed by atoms with E-state index in [4.69, 9.17) is 4.74 Å². The van der Waals surface area contributed by atoms with Crippen molar-refractivity contribution in [1.82, 2.24) is 9.38 Å². The monoisotopic (exact) mass is 296 g/mol. The number of rotatable bonds is 3. The Morgan fingerprint density at radius 1 is 1.18 bits per heavy atom. The van der Waals surface area contributed by atoms with Gasteiger partial charge in [-0.25, -0.2) is 9.78 Å². The Labute approximate surface area is 127 Å². The van der Waals surface area contributed by atoms with Crippen molar-refractivity contribution in [2.24, 2.45) is 0 Å². The van der Waals surface area contributed by atoms with Gasteiger partial charge in [0, 0.05) is 12.4 Å². The van der Waals surface area contributed by atoms with E-state index >= 15 is 0 Å². The van der Waals surface area contributed by atoms with Gasteiger partial charge in [-0.05, 0) is 43.2 Å². The number of aromatic nitrogens is 2. The van der Waals surface area contributed by atoms with Gasteiger partial charge in [0.25, 0.3) is 0 Å². The van der Waals surface area contributed by atoms with E-state index in [-0.39, 0.29) is 17.9 Å². The minimum absolute atomic E-state index is 0.0624. The van der Waals surface area contributed by atoms with E-state index in [1.165, 1.54) is 6.07 Å². The zero-order valence-electron chi connectivity index (χ0n) is 12.4. The quantitative estimate of drug-likeness (QED) is 0.755. The Bertz CT molecular complexity index is 852. The molecular weight excluding hydrogens is 280 g/mol. The summed E-state index contributed by atoms with van der Waals surface area (Å²) in [6.07, 6.45) is 3.78. The fraction of sp³-hybridized carbons (Fsp3) is 0.176. The number of benzene rings is 1. The molecule has 22 heavy (non-hydrogen) atoms. The third-order valence-electron chi connectivity index (χ3n) is 3.37. The van der Waals surface area contributed by atoms with E-state index in [1.54, 1.807) is 12.1 Å². The van der Waals surface area contributed by atoms with Crippen molar-refractivity contribution in [1.29, 1.82) is 0 Å². The second kappa shape index (κ2) is 5.52. The maximum absolute atomic E-state index is 12.0. The molecule has 1 N–H and O–H groups in total. The lowest BCUT2D eigenvalue weighted by Crippen LogP contribution is -2.05. The summed E-state index contributed by atoms with van der Waals surface area (Å²) in [5.41, 5.74) is 3.62. The van der Waals surface area contributed by atoms with Gasteiger partial charge in [-0.15, -0.1) is 0 Å². The van der Waals surface area contributed by atoms with Crippen molar-refractivity contribution in [2.75, 3.05) is 0 Å². The van der Waals surface area contributed by atoms with Gasteiger partial charge in [0.05, 0.1) is 5.69 Å². The SMILES string of the molecule is Cc1ccc(C(=O)OCc2cn3cc(C)ccc3n2)c(O)c1. The van der Waals surface area contributed by atoms with Crippen LogP contribution in [0.3, 0.4) is 0 Å². The zero-order chi connectivity index (χ0) is 15.7. The predicted molar refractivity (Wildman–Crippen MR) is 81.9 cm³/mol. The molecule has 0 bridgehead atoms. The fourth-order valence-corrected chi connectivity index (χ4v) is 2.26. The number of phenolic OH excluding ortho intramolecular Hbond substituents is 1. The number of carbonyl (C=O) groups excluding carboxylic acids is 1. The average Bonchev–Trinajstić information content (AvgIpc) is 2.86. The number of pyridine rings is 1. The van der Waals surface area contributed by atoms with Gasteiger partial charge in [-0.1, -0.05) is 12.1 Å².